The number of carbonyl (C=O) groups excluding carboxylic acids is 1. The molecule has 2 heterocycles. The molecule has 0 bridgehead atoms. The van der Waals surface area contributed by atoms with Gasteiger partial charge in [0.25, 0.3) is 0 Å². The van der Waals surface area contributed by atoms with E-state index in [1.165, 1.54) is 12.1 Å². The molecule has 1 N–H and O–H groups in total. The highest BCUT2D eigenvalue weighted by atomic mass is 35.5. The van der Waals surface area contributed by atoms with E-state index in [9.17, 15) is 9.18 Å². The maximum atomic E-state index is 13.0. The summed E-state index contributed by atoms with van der Waals surface area (Å²) in [6, 6.07) is 13.0. The molecule has 1 atom stereocenters. The summed E-state index contributed by atoms with van der Waals surface area (Å²) in [4.78, 5) is 18.6. The molecular formula is C19H16ClFN4O2. The summed E-state index contributed by atoms with van der Waals surface area (Å²) in [6.45, 7) is 1.04. The topological polar surface area (TPSA) is 71.3 Å². The lowest BCUT2D eigenvalue weighted by Crippen LogP contribution is -2.33. The average molecular weight is 387 g/mol. The van der Waals surface area contributed by atoms with Crippen LogP contribution in [0.4, 0.5) is 10.4 Å². The highest BCUT2D eigenvalue weighted by molar-refractivity contribution is 6.30. The molecule has 3 aromatic rings. The number of nitrogens with zero attached hydrogens (tertiary/aromatic N) is 3. The lowest BCUT2D eigenvalue weighted by Gasteiger charge is -2.16. The Bertz CT molecular complexity index is 960. The molecule has 8 heteroatoms. The summed E-state index contributed by atoms with van der Waals surface area (Å²) in [5.74, 6) is 0.0494. The number of likely N-dealkylation sites (tertiary alicyclic amines) is 1. The summed E-state index contributed by atoms with van der Waals surface area (Å²) in [5, 5.41) is 7.50. The summed E-state index contributed by atoms with van der Waals surface area (Å²) in [6.07, 6.45) is 0.620. The van der Waals surface area contributed by atoms with Gasteiger partial charge in [-0.2, -0.15) is 4.98 Å². The van der Waals surface area contributed by atoms with E-state index in [1.54, 1.807) is 35.2 Å². The van der Waals surface area contributed by atoms with Crippen molar-refractivity contribution in [3.63, 3.8) is 0 Å². The third-order valence-electron chi connectivity index (χ3n) is 4.39. The molecule has 1 fully saturated rings. The van der Waals surface area contributed by atoms with Crippen molar-refractivity contribution in [2.75, 3.05) is 11.9 Å². The first-order chi connectivity index (χ1) is 13.1. The predicted octanol–water partition coefficient (Wildman–Crippen LogP) is 3.74. The van der Waals surface area contributed by atoms with Crippen LogP contribution in [0.25, 0.3) is 11.4 Å². The normalized spacial score (nSPS) is 16.7. The summed E-state index contributed by atoms with van der Waals surface area (Å²) < 4.78 is 18.2. The summed E-state index contributed by atoms with van der Waals surface area (Å²) in [7, 11) is 0. The molecule has 1 aliphatic heterocycles. The van der Waals surface area contributed by atoms with Crippen LogP contribution in [0.15, 0.2) is 53.1 Å². The van der Waals surface area contributed by atoms with Gasteiger partial charge in [-0.05, 0) is 36.2 Å². The molecule has 6 nitrogen and oxygen atoms in total. The van der Waals surface area contributed by atoms with Crippen LogP contribution in [0.3, 0.4) is 0 Å². The average Bonchev–Trinajstić information content (AvgIpc) is 3.26. The van der Waals surface area contributed by atoms with E-state index in [2.05, 4.69) is 15.5 Å². The zero-order valence-corrected chi connectivity index (χ0v) is 15.0. The molecule has 4 rings (SSSR count). The Hall–Kier alpha value is -2.93. The molecule has 0 saturated carbocycles. The number of hydrogen-bond acceptors (Lipinski definition) is 5. The van der Waals surface area contributed by atoms with Gasteiger partial charge in [-0.1, -0.05) is 41.0 Å². The van der Waals surface area contributed by atoms with Crippen molar-refractivity contribution in [2.24, 2.45) is 0 Å². The van der Waals surface area contributed by atoms with Gasteiger partial charge >= 0.3 is 6.01 Å². The van der Waals surface area contributed by atoms with E-state index >= 15 is 0 Å². The molecular weight excluding hydrogens is 371 g/mol. The Morgan fingerprint density at radius 3 is 2.85 bits per heavy atom. The minimum absolute atomic E-state index is 0.0539. The number of nitrogens with one attached hydrogen (secondary N) is 1. The van der Waals surface area contributed by atoms with Crippen molar-refractivity contribution < 1.29 is 13.7 Å². The van der Waals surface area contributed by atoms with E-state index in [-0.39, 0.29) is 17.7 Å². The highest BCUT2D eigenvalue weighted by Gasteiger charge is 2.32. The maximum Gasteiger partial charge on any atom is 0.322 e. The molecule has 27 heavy (non-hydrogen) atoms. The first kappa shape index (κ1) is 17.5. The van der Waals surface area contributed by atoms with Gasteiger partial charge in [-0.15, -0.1) is 0 Å². The Kier molecular flexibility index (Phi) is 4.77. The number of hydrogen-bond donors (Lipinski definition) is 1. The van der Waals surface area contributed by atoms with Crippen molar-refractivity contribution in [1.29, 1.82) is 0 Å². The Morgan fingerprint density at radius 2 is 2.07 bits per heavy atom. The molecule has 1 aliphatic rings. The van der Waals surface area contributed by atoms with Gasteiger partial charge in [-0.25, -0.2) is 4.39 Å². The van der Waals surface area contributed by atoms with Crippen LogP contribution in [-0.2, 0) is 11.3 Å². The van der Waals surface area contributed by atoms with E-state index in [4.69, 9.17) is 16.1 Å². The fourth-order valence-corrected chi connectivity index (χ4v) is 3.21. The first-order valence-electron chi connectivity index (χ1n) is 8.48. The van der Waals surface area contributed by atoms with Gasteiger partial charge in [0.2, 0.25) is 11.7 Å². The van der Waals surface area contributed by atoms with Gasteiger partial charge in [0.05, 0.1) is 0 Å². The van der Waals surface area contributed by atoms with Crippen molar-refractivity contribution in [3.05, 3.63) is 64.9 Å². The standard InChI is InChI=1S/C19H16ClFN4O2/c20-14-3-1-2-13(10-14)17-23-19(27-24-17)22-16-8-9-25(18(16)26)11-12-4-6-15(21)7-5-12/h1-7,10,16H,8-9,11H2,(H,22,23,24). The first-order valence-corrected chi connectivity index (χ1v) is 8.86. The van der Waals surface area contributed by atoms with Gasteiger partial charge in [-0.3, -0.25) is 4.79 Å². The number of aromatic nitrogens is 2. The molecule has 1 unspecified atom stereocenters. The molecule has 1 aromatic heterocycles. The largest absolute Gasteiger partial charge is 0.336 e. The highest BCUT2D eigenvalue weighted by Crippen LogP contribution is 2.23. The molecule has 138 valence electrons. The second-order valence-corrected chi connectivity index (χ2v) is 6.74. The number of rotatable bonds is 5. The summed E-state index contributed by atoms with van der Waals surface area (Å²) in [5.41, 5.74) is 1.61. The lowest BCUT2D eigenvalue weighted by atomic mass is 10.2. The van der Waals surface area contributed by atoms with Gasteiger partial charge in [0.1, 0.15) is 11.9 Å². The Balaban J connectivity index is 1.40. The second kappa shape index (κ2) is 7.36. The van der Waals surface area contributed by atoms with Gasteiger partial charge in [0, 0.05) is 23.7 Å². The van der Waals surface area contributed by atoms with Crippen LogP contribution in [0.5, 0.6) is 0 Å². The fourth-order valence-electron chi connectivity index (χ4n) is 3.02. The van der Waals surface area contributed by atoms with Crippen LogP contribution in [0.2, 0.25) is 5.02 Å². The lowest BCUT2D eigenvalue weighted by molar-refractivity contribution is -0.128. The van der Waals surface area contributed by atoms with Gasteiger partial charge < -0.3 is 14.7 Å². The van der Waals surface area contributed by atoms with Gasteiger partial charge in [0.15, 0.2) is 0 Å². The monoisotopic (exact) mass is 386 g/mol. The third kappa shape index (κ3) is 3.93. The van der Waals surface area contributed by atoms with Crippen molar-refractivity contribution >= 4 is 23.5 Å². The van der Waals surface area contributed by atoms with Crippen molar-refractivity contribution in [1.82, 2.24) is 15.0 Å². The molecule has 1 amide bonds. The smallest absolute Gasteiger partial charge is 0.322 e. The Labute approximate surface area is 159 Å². The van der Waals surface area contributed by atoms with Crippen molar-refractivity contribution in [2.45, 2.75) is 19.0 Å². The van der Waals surface area contributed by atoms with E-state index in [0.29, 0.717) is 30.4 Å². The fraction of sp³-hybridized carbons (Fsp3) is 0.211. The quantitative estimate of drug-likeness (QED) is 0.723. The van der Waals surface area contributed by atoms with E-state index in [0.717, 1.165) is 11.1 Å². The van der Waals surface area contributed by atoms with E-state index in [1.807, 2.05) is 6.07 Å². The van der Waals surface area contributed by atoms with E-state index < -0.39 is 6.04 Å². The second-order valence-electron chi connectivity index (χ2n) is 6.31. The SMILES string of the molecule is O=C1C(Nc2nc(-c3cccc(Cl)c3)no2)CCN1Cc1ccc(F)cc1. The van der Waals surface area contributed by atoms with Crippen LogP contribution in [-0.4, -0.2) is 33.5 Å². The minimum atomic E-state index is -0.432. The number of amides is 1. The predicted molar refractivity (Wildman–Crippen MR) is 98.6 cm³/mol. The molecule has 0 radical (unpaired) electrons. The number of anilines is 1. The van der Waals surface area contributed by atoms with Crippen LogP contribution in [0, 0.1) is 5.82 Å². The number of carbonyl (C=O) groups is 1. The zero-order valence-electron chi connectivity index (χ0n) is 14.2. The van der Waals surface area contributed by atoms with Crippen LogP contribution < -0.4 is 5.32 Å². The zero-order chi connectivity index (χ0) is 18.8. The van der Waals surface area contributed by atoms with Crippen molar-refractivity contribution in [3.8, 4) is 11.4 Å². The molecule has 1 saturated heterocycles. The maximum absolute atomic E-state index is 13.0. The molecule has 0 spiro atoms. The Morgan fingerprint density at radius 1 is 1.26 bits per heavy atom. The third-order valence-corrected chi connectivity index (χ3v) is 4.63. The van der Waals surface area contributed by atoms with Crippen LogP contribution in [0.1, 0.15) is 12.0 Å². The molecule has 2 aromatic carbocycles. The number of halogens is 2. The van der Waals surface area contributed by atoms with Crippen LogP contribution >= 0.6 is 11.6 Å². The minimum Gasteiger partial charge on any atom is -0.336 e. The number of benzene rings is 2. The molecule has 0 aliphatic carbocycles. The summed E-state index contributed by atoms with van der Waals surface area (Å²) >= 11 is 5.98.